The molecule has 2 aromatic carbocycles. The van der Waals surface area contributed by atoms with Crippen molar-refractivity contribution >= 4 is 33.2 Å². The molecule has 0 bridgehead atoms. The summed E-state index contributed by atoms with van der Waals surface area (Å²) in [5, 5.41) is 8.47. The average Bonchev–Trinajstić information content (AvgIpc) is 2.73. The maximum absolute atomic E-state index is 12.3. The van der Waals surface area contributed by atoms with Gasteiger partial charge in [0.25, 0.3) is 0 Å². The summed E-state index contributed by atoms with van der Waals surface area (Å²) in [6.45, 7) is 0.0844. The fourth-order valence-electron chi connectivity index (χ4n) is 2.41. The molecule has 0 unspecified atom stereocenters. The van der Waals surface area contributed by atoms with E-state index < -0.39 is 10.0 Å². The Labute approximate surface area is 178 Å². The lowest BCUT2D eigenvalue weighted by molar-refractivity contribution is 0.307. The highest BCUT2D eigenvalue weighted by Gasteiger charge is 2.18. The van der Waals surface area contributed by atoms with Crippen LogP contribution in [0, 0.1) is 0 Å². The van der Waals surface area contributed by atoms with Crippen LogP contribution in [0.1, 0.15) is 0 Å². The van der Waals surface area contributed by atoms with E-state index in [4.69, 9.17) is 32.7 Å². The number of ether oxygens (including phenoxy) is 2. The Morgan fingerprint density at radius 3 is 2.41 bits per heavy atom. The molecule has 0 amide bonds. The smallest absolute Gasteiger partial charge is 0.242 e. The molecule has 10 heteroatoms. The summed E-state index contributed by atoms with van der Waals surface area (Å²) in [4.78, 5) is -0.0877. The second-order valence-corrected chi connectivity index (χ2v) is 8.39. The van der Waals surface area contributed by atoms with Gasteiger partial charge in [-0.15, -0.1) is 10.2 Å². The van der Waals surface area contributed by atoms with Crippen LogP contribution in [0.4, 0.5) is 0 Å². The van der Waals surface area contributed by atoms with Gasteiger partial charge in [0.05, 0.1) is 17.8 Å². The molecule has 1 heterocycles. The molecule has 0 aliphatic heterocycles. The molecule has 0 saturated heterocycles. The monoisotopic (exact) mass is 453 g/mol. The normalized spacial score (nSPS) is 11.3. The topological polar surface area (TPSA) is 90.4 Å². The number of methoxy groups -OCH3 is 1. The third-order valence-electron chi connectivity index (χ3n) is 3.85. The Kier molecular flexibility index (Phi) is 6.92. The molecular formula is C19H17Cl2N3O4S. The van der Waals surface area contributed by atoms with E-state index in [1.165, 1.54) is 18.2 Å². The highest BCUT2D eigenvalue weighted by atomic mass is 35.5. The van der Waals surface area contributed by atoms with Crippen LogP contribution in [0.3, 0.4) is 0 Å². The first-order valence-corrected chi connectivity index (χ1v) is 10.7. The van der Waals surface area contributed by atoms with E-state index in [1.807, 2.05) is 24.3 Å². The second kappa shape index (κ2) is 9.41. The van der Waals surface area contributed by atoms with Crippen LogP contribution in [-0.4, -0.2) is 38.9 Å². The SMILES string of the molecule is COc1ccc(-c2ccc(OCCNS(=O)(=O)c3cc(Cl)ccc3Cl)nn2)cc1. The van der Waals surface area contributed by atoms with Crippen molar-refractivity contribution < 1.29 is 17.9 Å². The number of hydrogen-bond acceptors (Lipinski definition) is 6. The van der Waals surface area contributed by atoms with Gasteiger partial charge in [-0.1, -0.05) is 23.2 Å². The minimum atomic E-state index is -3.81. The highest BCUT2D eigenvalue weighted by molar-refractivity contribution is 7.89. The summed E-state index contributed by atoms with van der Waals surface area (Å²) in [5.74, 6) is 1.03. The van der Waals surface area contributed by atoms with Gasteiger partial charge in [0.15, 0.2) is 0 Å². The van der Waals surface area contributed by atoms with Crippen molar-refractivity contribution in [2.75, 3.05) is 20.3 Å². The largest absolute Gasteiger partial charge is 0.497 e. The minimum Gasteiger partial charge on any atom is -0.497 e. The van der Waals surface area contributed by atoms with E-state index in [2.05, 4.69) is 14.9 Å². The molecule has 7 nitrogen and oxygen atoms in total. The van der Waals surface area contributed by atoms with Gasteiger partial charge in [-0.05, 0) is 48.5 Å². The van der Waals surface area contributed by atoms with Gasteiger partial charge >= 0.3 is 0 Å². The van der Waals surface area contributed by atoms with Gasteiger partial charge in [0.1, 0.15) is 17.3 Å². The van der Waals surface area contributed by atoms with Gasteiger partial charge in [0, 0.05) is 23.2 Å². The van der Waals surface area contributed by atoms with Crippen LogP contribution >= 0.6 is 23.2 Å². The molecule has 1 N–H and O–H groups in total. The van der Waals surface area contributed by atoms with Crippen LogP contribution in [-0.2, 0) is 10.0 Å². The van der Waals surface area contributed by atoms with Crippen molar-refractivity contribution in [1.82, 2.24) is 14.9 Å². The lowest BCUT2D eigenvalue weighted by atomic mass is 10.1. The zero-order valence-corrected chi connectivity index (χ0v) is 17.6. The van der Waals surface area contributed by atoms with Crippen molar-refractivity contribution in [3.63, 3.8) is 0 Å². The predicted molar refractivity (Wildman–Crippen MR) is 111 cm³/mol. The summed E-state index contributed by atoms with van der Waals surface area (Å²) in [7, 11) is -2.21. The maximum Gasteiger partial charge on any atom is 0.242 e. The fourth-order valence-corrected chi connectivity index (χ4v) is 4.18. The first-order valence-electron chi connectivity index (χ1n) is 8.45. The van der Waals surface area contributed by atoms with Crippen LogP contribution in [0.25, 0.3) is 11.3 Å². The van der Waals surface area contributed by atoms with Crippen molar-refractivity contribution in [3.8, 4) is 22.9 Å². The first kappa shape index (κ1) is 21.3. The summed E-state index contributed by atoms with van der Waals surface area (Å²) in [6, 6.07) is 15.1. The number of hydrogen-bond donors (Lipinski definition) is 1. The summed E-state index contributed by atoms with van der Waals surface area (Å²) in [5.41, 5.74) is 1.56. The van der Waals surface area contributed by atoms with Gasteiger partial charge in [0.2, 0.25) is 15.9 Å². The Hall–Kier alpha value is -2.39. The van der Waals surface area contributed by atoms with E-state index >= 15 is 0 Å². The lowest BCUT2D eigenvalue weighted by Crippen LogP contribution is -2.28. The van der Waals surface area contributed by atoms with E-state index in [-0.39, 0.29) is 34.0 Å². The van der Waals surface area contributed by atoms with Crippen molar-refractivity contribution in [2.24, 2.45) is 0 Å². The lowest BCUT2D eigenvalue weighted by Gasteiger charge is -2.09. The molecule has 0 spiro atoms. The Morgan fingerprint density at radius 1 is 1.00 bits per heavy atom. The third-order valence-corrected chi connectivity index (χ3v) is 6.03. The molecule has 1 aromatic heterocycles. The molecule has 3 aromatic rings. The summed E-state index contributed by atoms with van der Waals surface area (Å²) < 4.78 is 37.6. The van der Waals surface area contributed by atoms with Gasteiger partial charge in [-0.2, -0.15) is 0 Å². The number of benzene rings is 2. The van der Waals surface area contributed by atoms with E-state index in [0.717, 1.165) is 11.3 Å². The van der Waals surface area contributed by atoms with E-state index in [1.54, 1.807) is 19.2 Å². The van der Waals surface area contributed by atoms with Gasteiger partial charge in [-0.3, -0.25) is 0 Å². The number of rotatable bonds is 8. The molecule has 29 heavy (non-hydrogen) atoms. The maximum atomic E-state index is 12.3. The quantitative estimate of drug-likeness (QED) is 0.521. The van der Waals surface area contributed by atoms with Crippen LogP contribution < -0.4 is 14.2 Å². The highest BCUT2D eigenvalue weighted by Crippen LogP contribution is 2.25. The summed E-state index contributed by atoms with van der Waals surface area (Å²) >= 11 is 11.8. The average molecular weight is 454 g/mol. The first-order chi connectivity index (χ1) is 13.9. The number of nitrogens with zero attached hydrogens (tertiary/aromatic N) is 2. The second-order valence-electron chi connectivity index (χ2n) is 5.81. The predicted octanol–water partition coefficient (Wildman–Crippen LogP) is 3.82. The van der Waals surface area contributed by atoms with Gasteiger partial charge in [-0.25, -0.2) is 13.1 Å². The van der Waals surface area contributed by atoms with Crippen molar-refractivity contribution in [2.45, 2.75) is 4.90 Å². The molecule has 0 saturated carbocycles. The minimum absolute atomic E-state index is 0.0209. The fraction of sp³-hybridized carbons (Fsp3) is 0.158. The zero-order valence-electron chi connectivity index (χ0n) is 15.3. The Bertz CT molecular complexity index is 1080. The standard InChI is InChI=1S/C19H17Cl2N3O4S/c1-27-15-5-2-13(3-6-15)17-8-9-19(24-23-17)28-11-10-22-29(25,26)18-12-14(20)4-7-16(18)21/h2-9,12,22H,10-11H2,1H3. The molecule has 0 atom stereocenters. The van der Waals surface area contributed by atoms with Crippen LogP contribution in [0.15, 0.2) is 59.5 Å². The van der Waals surface area contributed by atoms with Crippen LogP contribution in [0.5, 0.6) is 11.6 Å². The molecule has 0 aliphatic rings. The molecular weight excluding hydrogens is 437 g/mol. The van der Waals surface area contributed by atoms with Crippen LogP contribution in [0.2, 0.25) is 10.0 Å². The number of halogens is 2. The Balaban J connectivity index is 1.54. The number of aromatic nitrogens is 2. The molecule has 0 aliphatic carbocycles. The molecule has 0 radical (unpaired) electrons. The third kappa shape index (κ3) is 5.57. The molecule has 3 rings (SSSR count). The van der Waals surface area contributed by atoms with Gasteiger partial charge < -0.3 is 9.47 Å². The van der Waals surface area contributed by atoms with E-state index in [9.17, 15) is 8.42 Å². The Morgan fingerprint density at radius 2 is 1.76 bits per heavy atom. The molecule has 0 fully saturated rings. The number of sulfonamides is 1. The van der Waals surface area contributed by atoms with E-state index in [0.29, 0.717) is 5.69 Å². The molecule has 152 valence electrons. The van der Waals surface area contributed by atoms with Crippen molar-refractivity contribution in [3.05, 3.63) is 64.6 Å². The summed E-state index contributed by atoms with van der Waals surface area (Å²) in [6.07, 6.45) is 0. The zero-order chi connectivity index (χ0) is 20.9. The van der Waals surface area contributed by atoms with Crippen molar-refractivity contribution in [1.29, 1.82) is 0 Å². The number of nitrogens with one attached hydrogen (secondary N) is 1.